The Morgan fingerprint density at radius 2 is 1.80 bits per heavy atom. The fourth-order valence-corrected chi connectivity index (χ4v) is 3.02. The van der Waals surface area contributed by atoms with E-state index in [1.54, 1.807) is 18.6 Å². The molecular weight excluding hydrogens is 320 g/mol. The first-order valence-electron chi connectivity index (χ1n) is 8.05. The molecule has 25 heavy (non-hydrogen) atoms. The first-order chi connectivity index (χ1) is 12.1. The van der Waals surface area contributed by atoms with Crippen molar-refractivity contribution in [3.63, 3.8) is 0 Å². The van der Waals surface area contributed by atoms with Gasteiger partial charge in [0, 0.05) is 38.6 Å². The zero-order chi connectivity index (χ0) is 17.6. The van der Waals surface area contributed by atoms with Gasteiger partial charge in [-0.25, -0.2) is 9.78 Å². The van der Waals surface area contributed by atoms with Crippen molar-refractivity contribution < 1.29 is 9.59 Å². The van der Waals surface area contributed by atoms with Gasteiger partial charge in [-0.3, -0.25) is 20.0 Å². The lowest BCUT2D eigenvalue weighted by molar-refractivity contribution is -0.125. The second kappa shape index (κ2) is 7.71. The molecule has 1 atom stereocenters. The van der Waals surface area contributed by atoms with Gasteiger partial charge in [0.15, 0.2) is 0 Å². The van der Waals surface area contributed by atoms with E-state index in [1.165, 1.54) is 0 Å². The molecule has 1 aliphatic heterocycles. The maximum absolute atomic E-state index is 12.5. The molecule has 8 heteroatoms. The quantitative estimate of drug-likeness (QED) is 0.841. The molecule has 0 saturated carbocycles. The number of amides is 3. The number of hydrogen-bond donors (Lipinski definition) is 2. The molecule has 1 aromatic carbocycles. The van der Waals surface area contributed by atoms with Gasteiger partial charge in [0.25, 0.3) is 0 Å². The third kappa shape index (κ3) is 4.10. The number of urea groups is 1. The zero-order valence-electron chi connectivity index (χ0n) is 13.7. The lowest BCUT2D eigenvalue weighted by Gasteiger charge is -2.39. The molecule has 130 valence electrons. The topological polar surface area (TPSA) is 104 Å². The molecule has 0 radical (unpaired) electrons. The van der Waals surface area contributed by atoms with Crippen LogP contribution < -0.4 is 16.0 Å². The number of carbonyl (C=O) groups excluding carboxylic acids is 2. The minimum absolute atomic E-state index is 0.411. The van der Waals surface area contributed by atoms with E-state index >= 15 is 0 Å². The van der Waals surface area contributed by atoms with E-state index in [4.69, 9.17) is 5.73 Å². The molecule has 1 aromatic heterocycles. The summed E-state index contributed by atoms with van der Waals surface area (Å²) in [4.78, 5) is 36.2. The molecule has 3 N–H and O–H groups in total. The van der Waals surface area contributed by atoms with Crippen LogP contribution in [0.1, 0.15) is 11.6 Å². The summed E-state index contributed by atoms with van der Waals surface area (Å²) in [6.45, 7) is 2.74. The van der Waals surface area contributed by atoms with Crippen LogP contribution >= 0.6 is 0 Å². The number of nitrogens with two attached hydrogens (primary N) is 1. The number of anilines is 1. The van der Waals surface area contributed by atoms with E-state index in [0.29, 0.717) is 26.2 Å². The van der Waals surface area contributed by atoms with Crippen LogP contribution in [0.15, 0.2) is 48.9 Å². The first-order valence-corrected chi connectivity index (χ1v) is 8.05. The highest BCUT2D eigenvalue weighted by Crippen LogP contribution is 2.23. The Bertz CT molecular complexity index is 716. The number of piperazine rings is 1. The van der Waals surface area contributed by atoms with Crippen molar-refractivity contribution in [2.75, 3.05) is 31.1 Å². The Labute approximate surface area is 145 Å². The van der Waals surface area contributed by atoms with Gasteiger partial charge in [-0.05, 0) is 5.56 Å². The molecule has 0 unspecified atom stereocenters. The van der Waals surface area contributed by atoms with Crippen LogP contribution in [-0.4, -0.2) is 53.0 Å². The van der Waals surface area contributed by atoms with Gasteiger partial charge in [0.1, 0.15) is 11.9 Å². The van der Waals surface area contributed by atoms with E-state index in [2.05, 4.69) is 20.2 Å². The summed E-state index contributed by atoms with van der Waals surface area (Å²) in [5, 5.41) is 2.20. The summed E-state index contributed by atoms with van der Waals surface area (Å²) in [6, 6.07) is 7.98. The number of aromatic nitrogens is 2. The third-order valence-electron chi connectivity index (χ3n) is 4.16. The number of benzene rings is 1. The Balaban J connectivity index is 1.74. The lowest BCUT2D eigenvalue weighted by Crippen LogP contribution is -2.52. The van der Waals surface area contributed by atoms with Crippen LogP contribution in [0.2, 0.25) is 0 Å². The minimum Gasteiger partial charge on any atom is -0.353 e. The molecular formula is C17H20N6O2. The lowest BCUT2D eigenvalue weighted by atomic mass is 10.0. The van der Waals surface area contributed by atoms with E-state index in [-0.39, 0.29) is 0 Å². The molecule has 0 spiro atoms. The van der Waals surface area contributed by atoms with Gasteiger partial charge in [0.05, 0.1) is 6.20 Å². The molecule has 1 aliphatic rings. The van der Waals surface area contributed by atoms with E-state index in [9.17, 15) is 9.59 Å². The monoisotopic (exact) mass is 340 g/mol. The molecule has 3 amide bonds. The van der Waals surface area contributed by atoms with Gasteiger partial charge >= 0.3 is 6.03 Å². The molecule has 1 saturated heterocycles. The van der Waals surface area contributed by atoms with Crippen molar-refractivity contribution in [3.05, 3.63) is 54.5 Å². The molecule has 3 rings (SSSR count). The molecule has 0 aliphatic carbocycles. The molecule has 0 bridgehead atoms. The Morgan fingerprint density at radius 3 is 2.40 bits per heavy atom. The number of nitrogens with zero attached hydrogens (tertiary/aromatic N) is 4. The van der Waals surface area contributed by atoms with Crippen molar-refractivity contribution in [1.29, 1.82) is 0 Å². The smallest absolute Gasteiger partial charge is 0.318 e. The van der Waals surface area contributed by atoms with E-state index in [1.807, 2.05) is 35.2 Å². The highest BCUT2D eigenvalue weighted by atomic mass is 16.2. The van der Waals surface area contributed by atoms with Crippen LogP contribution in [0.25, 0.3) is 0 Å². The molecule has 1 fully saturated rings. The predicted molar refractivity (Wildman–Crippen MR) is 92.7 cm³/mol. The second-order valence-electron chi connectivity index (χ2n) is 5.75. The second-order valence-corrected chi connectivity index (χ2v) is 5.75. The van der Waals surface area contributed by atoms with Crippen LogP contribution in [0.3, 0.4) is 0 Å². The zero-order valence-corrected chi connectivity index (χ0v) is 13.7. The SMILES string of the molecule is NC(=O)NC(=O)[C@H](c1ccccc1)N1CCN(c2cnccn2)CC1. The van der Waals surface area contributed by atoms with Gasteiger partial charge in [-0.1, -0.05) is 30.3 Å². The fourth-order valence-electron chi connectivity index (χ4n) is 3.02. The summed E-state index contributed by atoms with van der Waals surface area (Å²) in [5.41, 5.74) is 5.95. The predicted octanol–water partition coefficient (Wildman–Crippen LogP) is 0.535. The summed E-state index contributed by atoms with van der Waals surface area (Å²) < 4.78 is 0. The Kier molecular flexibility index (Phi) is 5.20. The third-order valence-corrected chi connectivity index (χ3v) is 4.16. The normalized spacial score (nSPS) is 16.2. The summed E-state index contributed by atoms with van der Waals surface area (Å²) >= 11 is 0. The fraction of sp³-hybridized carbons (Fsp3) is 0.294. The van der Waals surface area contributed by atoms with E-state index in [0.717, 1.165) is 11.4 Å². The molecule has 2 heterocycles. The highest BCUT2D eigenvalue weighted by molar-refractivity contribution is 5.96. The number of carbonyl (C=O) groups is 2. The summed E-state index contributed by atoms with van der Waals surface area (Å²) in [5.74, 6) is 0.409. The van der Waals surface area contributed by atoms with Gasteiger partial charge < -0.3 is 10.6 Å². The summed E-state index contributed by atoms with van der Waals surface area (Å²) in [6.07, 6.45) is 5.03. The van der Waals surface area contributed by atoms with Crippen molar-refractivity contribution >= 4 is 17.8 Å². The van der Waals surface area contributed by atoms with Gasteiger partial charge in [0.2, 0.25) is 5.91 Å². The number of hydrogen-bond acceptors (Lipinski definition) is 6. The average Bonchev–Trinajstić information content (AvgIpc) is 2.63. The van der Waals surface area contributed by atoms with Crippen LogP contribution in [0.4, 0.5) is 10.6 Å². The average molecular weight is 340 g/mol. The first kappa shape index (κ1) is 16.8. The molecule has 8 nitrogen and oxygen atoms in total. The summed E-state index contributed by atoms with van der Waals surface area (Å²) in [7, 11) is 0. The number of imide groups is 1. The van der Waals surface area contributed by atoms with Crippen LogP contribution in [0, 0.1) is 0 Å². The number of nitrogens with one attached hydrogen (secondary N) is 1. The van der Waals surface area contributed by atoms with Crippen LogP contribution in [0.5, 0.6) is 0 Å². The standard InChI is InChI=1S/C17H20N6O2/c18-17(25)21-16(24)15(13-4-2-1-3-5-13)23-10-8-22(9-11-23)14-12-19-6-7-20-14/h1-7,12,15H,8-11H2,(H3,18,21,24,25)/t15-/m0/s1. The largest absolute Gasteiger partial charge is 0.353 e. The van der Waals surface area contributed by atoms with E-state index < -0.39 is 18.0 Å². The van der Waals surface area contributed by atoms with Gasteiger partial charge in [-0.15, -0.1) is 0 Å². The van der Waals surface area contributed by atoms with Crippen molar-refractivity contribution in [2.45, 2.75) is 6.04 Å². The number of primary amides is 1. The minimum atomic E-state index is -0.843. The maximum Gasteiger partial charge on any atom is 0.318 e. The highest BCUT2D eigenvalue weighted by Gasteiger charge is 2.31. The van der Waals surface area contributed by atoms with Gasteiger partial charge in [-0.2, -0.15) is 0 Å². The van der Waals surface area contributed by atoms with Crippen molar-refractivity contribution in [1.82, 2.24) is 20.2 Å². The van der Waals surface area contributed by atoms with Crippen LogP contribution in [-0.2, 0) is 4.79 Å². The Hall–Kier alpha value is -3.00. The maximum atomic E-state index is 12.5. The molecule has 2 aromatic rings. The van der Waals surface area contributed by atoms with Crippen molar-refractivity contribution in [3.8, 4) is 0 Å². The number of rotatable bonds is 4. The Morgan fingerprint density at radius 1 is 1.08 bits per heavy atom. The van der Waals surface area contributed by atoms with Crippen molar-refractivity contribution in [2.24, 2.45) is 5.73 Å².